The second kappa shape index (κ2) is 18.0. The minimum atomic E-state index is -1.64. The van der Waals surface area contributed by atoms with E-state index in [2.05, 4.69) is 10.2 Å². The zero-order valence-electron chi connectivity index (χ0n) is 31.1. The first-order chi connectivity index (χ1) is 27.6. The summed E-state index contributed by atoms with van der Waals surface area (Å²) in [4.78, 5) is 20.1. The summed E-state index contributed by atoms with van der Waals surface area (Å²) in [6.45, 7) is 4.10. The molecule has 0 unspecified atom stereocenters. The van der Waals surface area contributed by atoms with E-state index in [1.807, 2.05) is 16.7 Å². The average Bonchev–Trinajstić information content (AvgIpc) is 3.69. The summed E-state index contributed by atoms with van der Waals surface area (Å²) in [6.07, 6.45) is -5.05. The smallest absolute Gasteiger partial charge is 0.348 e. The van der Waals surface area contributed by atoms with Gasteiger partial charge in [-0.05, 0) is 47.8 Å². The highest BCUT2D eigenvalue weighted by molar-refractivity contribution is 7.21. The first kappa shape index (κ1) is 40.8. The van der Waals surface area contributed by atoms with Gasteiger partial charge in [0.05, 0.1) is 51.1 Å². The Bertz CT molecular complexity index is 2220. The van der Waals surface area contributed by atoms with E-state index >= 15 is 0 Å². The lowest BCUT2D eigenvalue weighted by atomic mass is 9.99. The number of morpholine rings is 1. The Labute approximate surface area is 335 Å². The van der Waals surface area contributed by atoms with Gasteiger partial charge in [0.25, 0.3) is 12.1 Å². The third-order valence-corrected chi connectivity index (χ3v) is 11.4. The molecular formula is C39H43ClFN4O11S+. The highest BCUT2D eigenvalue weighted by atomic mass is 35.5. The number of hydrogen-bond donors (Lipinski definition) is 5. The number of nitrogens with one attached hydrogen (secondary N) is 1. The third-order valence-electron chi connectivity index (χ3n) is 9.88. The number of thiophene rings is 1. The maximum atomic E-state index is 14.1. The number of aliphatic hydroxyl groups excluding tert-OH is 4. The Morgan fingerprint density at radius 2 is 1.84 bits per heavy atom. The molecule has 57 heavy (non-hydrogen) atoms. The number of benzene rings is 3. The van der Waals surface area contributed by atoms with Crippen molar-refractivity contribution in [3.63, 3.8) is 0 Å². The summed E-state index contributed by atoms with van der Waals surface area (Å²) < 4.78 is 50.8. The molecule has 2 aliphatic rings. The fourth-order valence-electron chi connectivity index (χ4n) is 6.80. The topological polar surface area (TPSA) is 185 Å². The van der Waals surface area contributed by atoms with E-state index in [4.69, 9.17) is 45.0 Å². The monoisotopic (exact) mass is 829 g/mol. The van der Waals surface area contributed by atoms with Gasteiger partial charge in [-0.25, -0.2) is 13.8 Å². The molecule has 304 valence electrons. The number of aromatic nitrogens is 2. The number of carbonyl (C=O) groups excluding carboxylic acids is 1. The first-order valence-electron chi connectivity index (χ1n) is 18.2. The Morgan fingerprint density at radius 3 is 2.58 bits per heavy atom. The van der Waals surface area contributed by atoms with Gasteiger partial charge in [-0.1, -0.05) is 11.6 Å². The number of carbonyl (C=O) groups is 1. The Morgan fingerprint density at radius 1 is 1.04 bits per heavy atom. The predicted molar refractivity (Wildman–Crippen MR) is 207 cm³/mol. The standard InChI is InChI=1S/C39H42ClFN4O11S/c1-51-29-17-27-23(15-30(29)54-11-3-8-44-9-12-53-13-10-44)37(43-22-5-6-26(41)25(40)14-22)42-20-45(27)18-21-4-7-28(24-16-32(38(50)52-2)57-36(21)24)55-39-35(49)34(48)33(47)31(19-46)56-39/h4-7,14-17,20,31,33-35,39,46-49H,3,8-13,18-19H2,1-2H3/p+1/t31-,33+,34+,35-,39-/m1/s1. The molecule has 7 rings (SSSR count). The molecule has 0 saturated carbocycles. The molecule has 5 N–H and O–H groups in total. The molecule has 2 aliphatic heterocycles. The molecule has 5 atom stereocenters. The van der Waals surface area contributed by atoms with E-state index in [9.17, 15) is 29.6 Å². The van der Waals surface area contributed by atoms with Crippen LogP contribution in [-0.4, -0.2) is 127 Å². The van der Waals surface area contributed by atoms with E-state index in [-0.39, 0.29) is 22.2 Å². The molecule has 0 bridgehead atoms. The Balaban J connectivity index is 1.25. The molecule has 2 fully saturated rings. The number of ether oxygens (including phenoxy) is 6. The van der Waals surface area contributed by atoms with Crippen molar-refractivity contribution < 1.29 is 62.6 Å². The van der Waals surface area contributed by atoms with Crippen LogP contribution in [0, 0.1) is 5.82 Å². The van der Waals surface area contributed by atoms with Crippen molar-refractivity contribution >= 4 is 61.4 Å². The van der Waals surface area contributed by atoms with Crippen LogP contribution in [0.1, 0.15) is 21.7 Å². The highest BCUT2D eigenvalue weighted by Crippen LogP contribution is 2.39. The van der Waals surface area contributed by atoms with E-state index in [1.54, 1.807) is 37.7 Å². The molecule has 4 heterocycles. The lowest BCUT2D eigenvalue weighted by molar-refractivity contribution is -0.665. The first-order valence-corrected chi connectivity index (χ1v) is 19.4. The van der Waals surface area contributed by atoms with Crippen LogP contribution in [0.15, 0.2) is 54.9 Å². The summed E-state index contributed by atoms with van der Waals surface area (Å²) in [6, 6.07) is 13.0. The number of fused-ring (bicyclic) bond motifs is 2. The number of aliphatic hydroxyl groups is 4. The summed E-state index contributed by atoms with van der Waals surface area (Å²) in [5.74, 6) is 0.531. The van der Waals surface area contributed by atoms with Gasteiger partial charge < -0.3 is 54.2 Å². The summed E-state index contributed by atoms with van der Waals surface area (Å²) in [7, 11) is 2.84. The molecular weight excluding hydrogens is 787 g/mol. The second-order valence-corrected chi connectivity index (χ2v) is 15.0. The normalized spacial score (nSPS) is 21.4. The summed E-state index contributed by atoms with van der Waals surface area (Å²) >= 11 is 7.28. The maximum absolute atomic E-state index is 14.1. The molecule has 5 aromatic rings. The molecule has 0 aliphatic carbocycles. The molecule has 18 heteroatoms. The lowest BCUT2D eigenvalue weighted by Crippen LogP contribution is -2.60. The van der Waals surface area contributed by atoms with Gasteiger partial charge in [-0.2, -0.15) is 0 Å². The van der Waals surface area contributed by atoms with Crippen molar-refractivity contribution in [2.45, 2.75) is 43.7 Å². The number of methoxy groups -OCH3 is 2. The molecule has 2 aromatic heterocycles. The molecule has 2 saturated heterocycles. The zero-order valence-corrected chi connectivity index (χ0v) is 32.7. The van der Waals surface area contributed by atoms with Crippen molar-refractivity contribution in [2.75, 3.05) is 65.6 Å². The summed E-state index contributed by atoms with van der Waals surface area (Å²) in [5.41, 5.74) is 1.97. The van der Waals surface area contributed by atoms with Crippen LogP contribution in [0.25, 0.3) is 21.0 Å². The number of nitrogens with zero attached hydrogens (tertiary/aromatic N) is 3. The van der Waals surface area contributed by atoms with Crippen molar-refractivity contribution in [1.82, 2.24) is 9.88 Å². The highest BCUT2D eigenvalue weighted by Gasteiger charge is 2.45. The minimum Gasteiger partial charge on any atom is -0.493 e. The van der Waals surface area contributed by atoms with Crippen molar-refractivity contribution in [2.24, 2.45) is 0 Å². The fourth-order valence-corrected chi connectivity index (χ4v) is 8.07. The van der Waals surface area contributed by atoms with Crippen LogP contribution in [0.2, 0.25) is 5.02 Å². The van der Waals surface area contributed by atoms with Gasteiger partial charge in [0.1, 0.15) is 52.9 Å². The van der Waals surface area contributed by atoms with Crippen LogP contribution in [0.3, 0.4) is 0 Å². The van der Waals surface area contributed by atoms with Gasteiger partial charge >= 0.3 is 5.97 Å². The van der Waals surface area contributed by atoms with Crippen LogP contribution in [0.5, 0.6) is 17.2 Å². The lowest BCUT2D eigenvalue weighted by Gasteiger charge is -2.39. The van der Waals surface area contributed by atoms with Gasteiger partial charge in [0.15, 0.2) is 11.5 Å². The predicted octanol–water partition coefficient (Wildman–Crippen LogP) is 3.40. The SMILES string of the molecule is COC(=O)c1cc2c(O[C@@H]3O[C@H](CO)[C@H](O)[C@H](O)[C@H]3O)ccc(C[n+]3cnc(Nc4ccc(F)c(Cl)c4)c4cc(OCCCN5CCOCC5)c(OC)cc43)c2s1. The van der Waals surface area contributed by atoms with E-state index in [0.717, 1.165) is 31.6 Å². The largest absolute Gasteiger partial charge is 0.493 e. The van der Waals surface area contributed by atoms with Crippen LogP contribution in [0.4, 0.5) is 15.9 Å². The van der Waals surface area contributed by atoms with Crippen molar-refractivity contribution in [3.05, 3.63) is 76.1 Å². The van der Waals surface area contributed by atoms with Gasteiger partial charge in [-0.15, -0.1) is 11.3 Å². The number of esters is 1. The zero-order chi connectivity index (χ0) is 40.2. The molecule has 15 nitrogen and oxygen atoms in total. The Kier molecular flexibility index (Phi) is 12.9. The second-order valence-electron chi connectivity index (χ2n) is 13.5. The maximum Gasteiger partial charge on any atom is 0.348 e. The van der Waals surface area contributed by atoms with Crippen LogP contribution >= 0.6 is 22.9 Å². The quantitative estimate of drug-likeness (QED) is 0.0624. The van der Waals surface area contributed by atoms with E-state index in [0.29, 0.717) is 63.8 Å². The van der Waals surface area contributed by atoms with E-state index < -0.39 is 49.1 Å². The average molecular weight is 830 g/mol. The number of hydrogen-bond acceptors (Lipinski definition) is 15. The summed E-state index contributed by atoms with van der Waals surface area (Å²) in [5, 5.41) is 45.3. The van der Waals surface area contributed by atoms with Gasteiger partial charge in [0, 0.05) is 53.1 Å². The third kappa shape index (κ3) is 8.86. The number of halogens is 2. The molecule has 0 spiro atoms. The molecule has 0 amide bonds. The van der Waals surface area contributed by atoms with Gasteiger partial charge in [-0.3, -0.25) is 4.90 Å². The van der Waals surface area contributed by atoms with Crippen molar-refractivity contribution in [1.29, 1.82) is 0 Å². The minimum absolute atomic E-state index is 0.0495. The van der Waals surface area contributed by atoms with E-state index in [1.165, 1.54) is 30.6 Å². The van der Waals surface area contributed by atoms with Crippen molar-refractivity contribution in [3.8, 4) is 17.2 Å². The number of rotatable bonds is 14. The van der Waals surface area contributed by atoms with Gasteiger partial charge in [0.2, 0.25) is 6.29 Å². The van der Waals surface area contributed by atoms with Crippen LogP contribution in [-0.2, 0) is 20.8 Å². The number of anilines is 2. The molecule has 3 aromatic carbocycles. The molecule has 0 radical (unpaired) electrons. The fraction of sp³-hybridized carbons (Fsp3) is 0.410. The Hall–Kier alpha value is -4.43. The van der Waals surface area contributed by atoms with Crippen LogP contribution < -0.4 is 24.1 Å².